The zero-order chi connectivity index (χ0) is 15.4. The molecule has 0 spiro atoms. The van der Waals surface area contributed by atoms with Gasteiger partial charge >= 0.3 is 5.97 Å². The average molecular weight is 302 g/mol. The number of hydrogen-bond donors (Lipinski definition) is 0. The Labute approximate surface area is 126 Å². The van der Waals surface area contributed by atoms with Crippen LogP contribution in [0.5, 0.6) is 0 Å². The van der Waals surface area contributed by atoms with Gasteiger partial charge in [-0.2, -0.15) is 0 Å². The fourth-order valence-corrected chi connectivity index (χ4v) is 7.54. The van der Waals surface area contributed by atoms with E-state index in [4.69, 9.17) is 4.74 Å². The Morgan fingerprint density at radius 1 is 0.850 bits per heavy atom. The molecule has 0 unspecified atom stereocenters. The van der Waals surface area contributed by atoms with Gasteiger partial charge in [-0.15, -0.1) is 0 Å². The standard InChI is InChI=1S/C17H35O2P/c1-6-10-13-20(14-11-7-2,15-12-8-3)16(5)17(18)19-9-4/h6-15H2,1-5H3. The molecule has 0 rings (SSSR count). The minimum absolute atomic E-state index is 0.0239. The van der Waals surface area contributed by atoms with Crippen LogP contribution in [-0.4, -0.2) is 36.4 Å². The number of unbranched alkanes of at least 4 members (excludes halogenated alkanes) is 3. The molecule has 0 N–H and O–H groups in total. The van der Waals surface area contributed by atoms with Gasteiger partial charge in [0.1, 0.15) is 0 Å². The molecule has 0 atom stereocenters. The first kappa shape index (κ1) is 19.8. The number of rotatable bonds is 11. The maximum atomic E-state index is 12.2. The Morgan fingerprint density at radius 2 is 1.25 bits per heavy atom. The quantitative estimate of drug-likeness (QED) is 0.389. The van der Waals surface area contributed by atoms with Crippen LogP contribution >= 0.6 is 6.89 Å². The van der Waals surface area contributed by atoms with Crippen LogP contribution in [0.4, 0.5) is 0 Å². The van der Waals surface area contributed by atoms with Gasteiger partial charge in [0.2, 0.25) is 0 Å². The van der Waals surface area contributed by atoms with E-state index in [9.17, 15) is 4.79 Å². The third-order valence-corrected chi connectivity index (χ3v) is 9.22. The minimum atomic E-state index is -1.28. The van der Waals surface area contributed by atoms with Crippen LogP contribution in [0.3, 0.4) is 0 Å². The maximum Gasteiger partial charge on any atom is 0.333 e. The predicted octanol–water partition coefficient (Wildman–Crippen LogP) is 5.16. The molecule has 3 heteroatoms. The number of esters is 1. The van der Waals surface area contributed by atoms with Gasteiger partial charge in [-0.05, 0) is 51.6 Å². The van der Waals surface area contributed by atoms with Crippen molar-refractivity contribution in [3.63, 3.8) is 0 Å². The predicted molar refractivity (Wildman–Crippen MR) is 93.6 cm³/mol. The molecule has 0 aromatic heterocycles. The van der Waals surface area contributed by atoms with Gasteiger partial charge in [0, 0.05) is 5.29 Å². The molecule has 0 amide bonds. The molecule has 20 heavy (non-hydrogen) atoms. The summed E-state index contributed by atoms with van der Waals surface area (Å²) in [7, 11) is 0. The van der Waals surface area contributed by atoms with Crippen LogP contribution in [0.1, 0.15) is 73.1 Å². The van der Waals surface area contributed by atoms with Crippen LogP contribution < -0.4 is 0 Å². The van der Waals surface area contributed by atoms with Gasteiger partial charge < -0.3 is 4.74 Å². The third kappa shape index (κ3) is 6.48. The summed E-state index contributed by atoms with van der Waals surface area (Å²) in [5, 5.41) is 1.08. The molecule has 0 aliphatic heterocycles. The second-order valence-electron chi connectivity index (χ2n) is 5.68. The smallest absolute Gasteiger partial charge is 0.333 e. The van der Waals surface area contributed by atoms with E-state index < -0.39 is 6.89 Å². The molecule has 2 nitrogen and oxygen atoms in total. The molecule has 0 heterocycles. The van der Waals surface area contributed by atoms with Crippen molar-refractivity contribution in [1.82, 2.24) is 0 Å². The third-order valence-electron chi connectivity index (χ3n) is 4.10. The number of hydrogen-bond acceptors (Lipinski definition) is 2. The number of carbonyl (C=O) groups excluding carboxylic acids is 1. The molecule has 120 valence electrons. The summed E-state index contributed by atoms with van der Waals surface area (Å²) in [6.07, 6.45) is 11.1. The lowest BCUT2D eigenvalue weighted by Crippen LogP contribution is -2.20. The summed E-state index contributed by atoms with van der Waals surface area (Å²) >= 11 is 0. The van der Waals surface area contributed by atoms with Crippen LogP contribution in [-0.2, 0) is 9.53 Å². The summed E-state index contributed by atoms with van der Waals surface area (Å²) in [6, 6.07) is 0. The molecule has 0 bridgehead atoms. The summed E-state index contributed by atoms with van der Waals surface area (Å²) in [6.45, 7) is 9.90. The Hall–Kier alpha value is -0.230. The molecular formula is C17H35O2P. The van der Waals surface area contributed by atoms with Crippen LogP contribution in [0, 0.1) is 0 Å². The van der Waals surface area contributed by atoms with E-state index >= 15 is 0 Å². The lowest BCUT2D eigenvalue weighted by atomic mass is 10.4. The monoisotopic (exact) mass is 302 g/mol. The molecule has 0 aliphatic rings. The first-order chi connectivity index (χ1) is 9.57. The second-order valence-corrected chi connectivity index (χ2v) is 9.99. The van der Waals surface area contributed by atoms with E-state index in [0.29, 0.717) is 6.61 Å². The second kappa shape index (κ2) is 11.4. The van der Waals surface area contributed by atoms with Crippen molar-refractivity contribution in [3.05, 3.63) is 0 Å². The molecule has 0 aromatic rings. The van der Waals surface area contributed by atoms with Gasteiger partial charge in [-0.25, -0.2) is 4.79 Å². The van der Waals surface area contributed by atoms with Gasteiger partial charge in [-0.3, -0.25) is 0 Å². The zero-order valence-corrected chi connectivity index (χ0v) is 15.2. The fourth-order valence-electron chi connectivity index (χ4n) is 2.65. The Balaban J connectivity index is 5.40. The van der Waals surface area contributed by atoms with Gasteiger partial charge in [0.15, 0.2) is 0 Å². The highest BCUT2D eigenvalue weighted by Gasteiger charge is 2.24. The van der Waals surface area contributed by atoms with Crippen LogP contribution in [0.15, 0.2) is 0 Å². The molecule has 0 radical (unpaired) electrons. The van der Waals surface area contributed by atoms with Crippen molar-refractivity contribution < 1.29 is 9.53 Å². The van der Waals surface area contributed by atoms with Gasteiger partial charge in [0.05, 0.1) is 6.61 Å². The van der Waals surface area contributed by atoms with Crippen LogP contribution in [0.2, 0.25) is 0 Å². The lowest BCUT2D eigenvalue weighted by molar-refractivity contribution is -0.134. The average Bonchev–Trinajstić information content (AvgIpc) is 2.46. The summed E-state index contributed by atoms with van der Waals surface area (Å²) in [5.74, 6) is -0.0239. The highest BCUT2D eigenvalue weighted by Crippen LogP contribution is 2.51. The highest BCUT2D eigenvalue weighted by molar-refractivity contribution is 7.77. The van der Waals surface area contributed by atoms with Crippen LogP contribution in [0.25, 0.3) is 0 Å². The summed E-state index contributed by atoms with van der Waals surface area (Å²) in [4.78, 5) is 12.2. The molecule has 0 saturated heterocycles. The Morgan fingerprint density at radius 3 is 1.55 bits per heavy atom. The zero-order valence-electron chi connectivity index (χ0n) is 14.3. The molecule has 0 saturated carbocycles. The van der Waals surface area contributed by atoms with Crippen molar-refractivity contribution in [3.8, 4) is 0 Å². The van der Waals surface area contributed by atoms with E-state index in [2.05, 4.69) is 27.7 Å². The Bertz CT molecular complexity index is 292. The molecular weight excluding hydrogens is 267 g/mol. The van der Waals surface area contributed by atoms with E-state index in [1.807, 2.05) is 6.92 Å². The van der Waals surface area contributed by atoms with Gasteiger partial charge in [0.25, 0.3) is 0 Å². The lowest BCUT2D eigenvalue weighted by Gasteiger charge is -2.29. The number of carbonyl (C=O) groups is 1. The fraction of sp³-hybridized carbons (Fsp3) is 0.882. The number of ether oxygens (including phenoxy) is 1. The molecule has 0 aromatic carbocycles. The van der Waals surface area contributed by atoms with E-state index in [-0.39, 0.29) is 5.97 Å². The summed E-state index contributed by atoms with van der Waals surface area (Å²) < 4.78 is 5.30. The van der Waals surface area contributed by atoms with E-state index in [0.717, 1.165) is 5.29 Å². The van der Waals surface area contributed by atoms with Crippen molar-refractivity contribution in [2.45, 2.75) is 73.1 Å². The van der Waals surface area contributed by atoms with E-state index in [1.54, 1.807) is 0 Å². The molecule has 0 aliphatic carbocycles. The molecule has 0 fully saturated rings. The minimum Gasteiger partial charge on any atom is -0.463 e. The first-order valence-corrected chi connectivity index (χ1v) is 10.8. The van der Waals surface area contributed by atoms with E-state index in [1.165, 1.54) is 57.0 Å². The normalized spacial score (nSPS) is 11.4. The largest absolute Gasteiger partial charge is 0.463 e. The Kier molecular flexibility index (Phi) is 11.3. The topological polar surface area (TPSA) is 26.3 Å². The SMILES string of the molecule is CCCCP(CCCC)(CCCC)=C(C)C(=O)OCC. The first-order valence-electron chi connectivity index (χ1n) is 8.45. The van der Waals surface area contributed by atoms with Gasteiger partial charge in [-0.1, -0.05) is 46.9 Å². The maximum absolute atomic E-state index is 12.2. The highest BCUT2D eigenvalue weighted by atomic mass is 31.2. The van der Waals surface area contributed by atoms with Crippen molar-refractivity contribution in [1.29, 1.82) is 0 Å². The van der Waals surface area contributed by atoms with Crippen molar-refractivity contribution >= 4 is 18.1 Å². The van der Waals surface area contributed by atoms with Crippen molar-refractivity contribution in [2.75, 3.05) is 25.1 Å². The van der Waals surface area contributed by atoms with Crippen molar-refractivity contribution in [2.24, 2.45) is 0 Å². The summed E-state index contributed by atoms with van der Waals surface area (Å²) in [5.41, 5.74) is 0.